The number of halogens is 4. The fourth-order valence-electron chi connectivity index (χ4n) is 3.53. The number of methoxy groups -OCH3 is 1. The van der Waals surface area contributed by atoms with E-state index in [1.807, 2.05) is 0 Å². The molecule has 2 aromatic rings. The van der Waals surface area contributed by atoms with Gasteiger partial charge in [-0.2, -0.15) is 13.2 Å². The largest absolute Gasteiger partial charge is 0.507 e. The number of aliphatic hydroxyl groups excluding tert-OH is 1. The molecule has 0 spiro atoms. The Morgan fingerprint density at radius 2 is 1.94 bits per heavy atom. The summed E-state index contributed by atoms with van der Waals surface area (Å²) in [6.45, 7) is 1.97. The molecule has 3 rings (SSSR count). The average Bonchev–Trinajstić information content (AvgIpc) is 2.98. The third-order valence-electron chi connectivity index (χ3n) is 5.09. The number of ketones is 1. The normalized spacial score (nSPS) is 18.4. The third kappa shape index (κ3) is 4.50. The summed E-state index contributed by atoms with van der Waals surface area (Å²) >= 11 is 0. The van der Waals surface area contributed by atoms with Gasteiger partial charge in [0.05, 0.1) is 17.2 Å². The van der Waals surface area contributed by atoms with Crippen molar-refractivity contribution in [2.45, 2.75) is 25.6 Å². The number of carbonyl (C=O) groups is 2. The van der Waals surface area contributed by atoms with E-state index in [-0.39, 0.29) is 29.9 Å². The SMILES string of the molecule is COCCCN1C(=O)C(=O)C(=C(O)c2ccc(C)nc2)C1c1ccc(C(F)(F)F)c(F)c1. The van der Waals surface area contributed by atoms with Crippen molar-refractivity contribution < 1.29 is 37.0 Å². The van der Waals surface area contributed by atoms with Crippen LogP contribution in [0.15, 0.2) is 42.1 Å². The van der Waals surface area contributed by atoms with Crippen LogP contribution in [-0.2, 0) is 20.5 Å². The van der Waals surface area contributed by atoms with Gasteiger partial charge >= 0.3 is 6.18 Å². The smallest absolute Gasteiger partial charge is 0.419 e. The van der Waals surface area contributed by atoms with Crippen molar-refractivity contribution in [2.24, 2.45) is 0 Å². The Kier molecular flexibility index (Phi) is 6.63. The zero-order valence-electron chi connectivity index (χ0n) is 17.2. The number of pyridine rings is 1. The van der Waals surface area contributed by atoms with Crippen LogP contribution in [0, 0.1) is 12.7 Å². The minimum absolute atomic E-state index is 0.00858. The number of alkyl halides is 3. The van der Waals surface area contributed by atoms with Gasteiger partial charge in [0.15, 0.2) is 0 Å². The van der Waals surface area contributed by atoms with Gasteiger partial charge in [0.25, 0.3) is 11.7 Å². The van der Waals surface area contributed by atoms with Crippen LogP contribution in [0.1, 0.15) is 34.8 Å². The number of Topliss-reactive ketones (excluding diaryl/α,β-unsaturated/α-hetero) is 1. The van der Waals surface area contributed by atoms with Crippen molar-refractivity contribution in [3.63, 3.8) is 0 Å². The maximum absolute atomic E-state index is 14.3. The average molecular weight is 452 g/mol. The van der Waals surface area contributed by atoms with E-state index < -0.39 is 41.0 Å². The number of aliphatic hydroxyl groups is 1. The summed E-state index contributed by atoms with van der Waals surface area (Å²) in [6, 6.07) is 3.96. The number of aromatic nitrogens is 1. The van der Waals surface area contributed by atoms with Crippen LogP contribution < -0.4 is 0 Å². The Morgan fingerprint density at radius 3 is 2.50 bits per heavy atom. The highest BCUT2D eigenvalue weighted by atomic mass is 19.4. The van der Waals surface area contributed by atoms with Gasteiger partial charge < -0.3 is 14.7 Å². The predicted octanol–water partition coefficient (Wildman–Crippen LogP) is 4.01. The Morgan fingerprint density at radius 1 is 1.22 bits per heavy atom. The van der Waals surface area contributed by atoms with E-state index in [1.165, 1.54) is 19.4 Å². The second-order valence-corrected chi connectivity index (χ2v) is 7.26. The molecule has 1 aliphatic heterocycles. The molecule has 0 aliphatic carbocycles. The van der Waals surface area contributed by atoms with Crippen LogP contribution in [0.4, 0.5) is 17.6 Å². The number of carbonyl (C=O) groups excluding carboxylic acids is 2. The molecule has 1 saturated heterocycles. The molecule has 10 heteroatoms. The molecule has 32 heavy (non-hydrogen) atoms. The molecule has 1 fully saturated rings. The molecular weight excluding hydrogens is 432 g/mol. The summed E-state index contributed by atoms with van der Waals surface area (Å²) < 4.78 is 58.2. The van der Waals surface area contributed by atoms with Crippen molar-refractivity contribution in [3.05, 3.63) is 70.3 Å². The van der Waals surface area contributed by atoms with Gasteiger partial charge in [-0.25, -0.2) is 4.39 Å². The molecule has 1 aromatic heterocycles. The van der Waals surface area contributed by atoms with Crippen LogP contribution in [0.25, 0.3) is 5.76 Å². The predicted molar refractivity (Wildman–Crippen MR) is 106 cm³/mol. The van der Waals surface area contributed by atoms with E-state index in [1.54, 1.807) is 13.0 Å². The van der Waals surface area contributed by atoms with Gasteiger partial charge in [-0.3, -0.25) is 14.6 Å². The Balaban J connectivity index is 2.15. The first kappa shape index (κ1) is 23.4. The molecule has 1 unspecified atom stereocenters. The minimum atomic E-state index is -4.91. The highest BCUT2D eigenvalue weighted by molar-refractivity contribution is 6.46. The number of benzene rings is 1. The van der Waals surface area contributed by atoms with Gasteiger partial charge in [-0.15, -0.1) is 0 Å². The van der Waals surface area contributed by atoms with E-state index in [2.05, 4.69) is 4.98 Å². The molecule has 1 N–H and O–H groups in total. The molecule has 1 aromatic carbocycles. The summed E-state index contributed by atoms with van der Waals surface area (Å²) in [5, 5.41) is 10.8. The molecule has 1 atom stereocenters. The highest BCUT2D eigenvalue weighted by Gasteiger charge is 2.46. The second kappa shape index (κ2) is 9.07. The van der Waals surface area contributed by atoms with E-state index >= 15 is 0 Å². The lowest BCUT2D eigenvalue weighted by molar-refractivity contribution is -0.140. The molecule has 0 radical (unpaired) electrons. The second-order valence-electron chi connectivity index (χ2n) is 7.26. The fourth-order valence-corrected chi connectivity index (χ4v) is 3.53. The first-order chi connectivity index (χ1) is 15.1. The topological polar surface area (TPSA) is 79.7 Å². The van der Waals surface area contributed by atoms with Crippen molar-refractivity contribution in [2.75, 3.05) is 20.3 Å². The summed E-state index contributed by atoms with van der Waals surface area (Å²) in [7, 11) is 1.45. The third-order valence-corrected chi connectivity index (χ3v) is 5.09. The monoisotopic (exact) mass is 452 g/mol. The number of hydrogen-bond donors (Lipinski definition) is 1. The van der Waals surface area contributed by atoms with E-state index in [0.717, 1.165) is 11.0 Å². The maximum Gasteiger partial charge on any atom is 0.419 e. The Bertz CT molecular complexity index is 1060. The first-order valence-corrected chi connectivity index (χ1v) is 9.63. The lowest BCUT2D eigenvalue weighted by atomic mass is 9.94. The molecule has 1 amide bonds. The summed E-state index contributed by atoms with van der Waals surface area (Å²) in [6.07, 6.45) is -3.29. The Labute approximate surface area is 181 Å². The molecule has 2 heterocycles. The van der Waals surface area contributed by atoms with E-state index in [0.29, 0.717) is 24.2 Å². The van der Waals surface area contributed by atoms with Gasteiger partial charge in [0.1, 0.15) is 11.6 Å². The van der Waals surface area contributed by atoms with Gasteiger partial charge in [-0.1, -0.05) is 6.07 Å². The fraction of sp³-hybridized carbons (Fsp3) is 0.318. The molecule has 0 saturated carbocycles. The van der Waals surface area contributed by atoms with Crippen LogP contribution in [0.2, 0.25) is 0 Å². The van der Waals surface area contributed by atoms with Gasteiger partial charge in [-0.05, 0) is 43.2 Å². The molecule has 6 nitrogen and oxygen atoms in total. The zero-order chi connectivity index (χ0) is 23.6. The van der Waals surface area contributed by atoms with Gasteiger partial charge in [0.2, 0.25) is 0 Å². The van der Waals surface area contributed by atoms with Crippen molar-refractivity contribution in [1.29, 1.82) is 0 Å². The standard InChI is InChI=1S/C22H20F4N2O4/c1-12-4-5-14(11-27-12)19(29)17-18(28(8-3-9-32-2)21(31)20(17)30)13-6-7-15(16(23)10-13)22(24,25)26/h4-7,10-11,18,29H,3,8-9H2,1-2H3. The lowest BCUT2D eigenvalue weighted by Gasteiger charge is -2.25. The molecular formula is C22H20F4N2O4. The zero-order valence-corrected chi connectivity index (χ0v) is 17.2. The number of likely N-dealkylation sites (tertiary alicyclic amines) is 1. The summed E-state index contributed by atoms with van der Waals surface area (Å²) in [5.74, 6) is -4.07. The van der Waals surface area contributed by atoms with Crippen LogP contribution in [0.5, 0.6) is 0 Å². The van der Waals surface area contributed by atoms with Crippen molar-refractivity contribution in [1.82, 2.24) is 9.88 Å². The highest BCUT2D eigenvalue weighted by Crippen LogP contribution is 2.41. The molecule has 170 valence electrons. The van der Waals surface area contributed by atoms with Crippen LogP contribution in [0.3, 0.4) is 0 Å². The molecule has 0 bridgehead atoms. The van der Waals surface area contributed by atoms with E-state index in [4.69, 9.17) is 4.74 Å². The van der Waals surface area contributed by atoms with Crippen molar-refractivity contribution in [3.8, 4) is 0 Å². The number of rotatable bonds is 6. The summed E-state index contributed by atoms with van der Waals surface area (Å²) in [4.78, 5) is 30.6. The number of ether oxygens (including phenoxy) is 1. The lowest BCUT2D eigenvalue weighted by Crippen LogP contribution is -2.31. The Hall–Kier alpha value is -3.27. The van der Waals surface area contributed by atoms with Crippen LogP contribution in [-0.4, -0.2) is 46.9 Å². The number of hydrogen-bond acceptors (Lipinski definition) is 5. The van der Waals surface area contributed by atoms with E-state index in [9.17, 15) is 32.3 Å². The molecule has 1 aliphatic rings. The summed E-state index contributed by atoms with van der Waals surface area (Å²) in [5.41, 5.74) is -1.11. The van der Waals surface area contributed by atoms with Crippen LogP contribution >= 0.6 is 0 Å². The first-order valence-electron chi connectivity index (χ1n) is 9.63. The number of aryl methyl sites for hydroxylation is 1. The number of amides is 1. The van der Waals surface area contributed by atoms with Crippen molar-refractivity contribution >= 4 is 17.4 Å². The maximum atomic E-state index is 14.3. The van der Waals surface area contributed by atoms with Gasteiger partial charge in [0, 0.05) is 37.7 Å². The quantitative estimate of drug-likeness (QED) is 0.236. The minimum Gasteiger partial charge on any atom is -0.507 e. The number of nitrogens with zero attached hydrogens (tertiary/aromatic N) is 2.